The van der Waals surface area contributed by atoms with E-state index in [4.69, 9.17) is 5.73 Å². The van der Waals surface area contributed by atoms with Gasteiger partial charge in [0.1, 0.15) is 5.78 Å². The molecule has 0 radical (unpaired) electrons. The van der Waals surface area contributed by atoms with Crippen LogP contribution in [0.5, 0.6) is 0 Å². The minimum atomic E-state index is 0.251. The van der Waals surface area contributed by atoms with Crippen LogP contribution in [-0.4, -0.2) is 18.2 Å². The zero-order chi connectivity index (χ0) is 10.3. The first-order valence-corrected chi connectivity index (χ1v) is 4.93. The molecule has 0 fully saturated rings. The Labute approximate surface area is 80.4 Å². The van der Waals surface area contributed by atoms with E-state index in [1.807, 2.05) is 13.8 Å². The topological polar surface area (TPSA) is 55.5 Å². The van der Waals surface area contributed by atoms with E-state index in [9.17, 15) is 4.79 Å². The molecule has 0 rings (SSSR count). The fraction of sp³-hybridized carbons (Fsp3) is 0.800. The Morgan fingerprint density at radius 3 is 2.54 bits per heavy atom. The first-order chi connectivity index (χ1) is 6.11. The van der Waals surface area contributed by atoms with Crippen LogP contribution in [-0.2, 0) is 4.79 Å². The molecule has 2 N–H and O–H groups in total. The number of aliphatic imine (C=N–C) groups is 1. The maximum atomic E-state index is 10.9. The van der Waals surface area contributed by atoms with Crippen LogP contribution in [0.4, 0.5) is 0 Å². The fourth-order valence-electron chi connectivity index (χ4n) is 0.851. The van der Waals surface area contributed by atoms with Gasteiger partial charge in [-0.15, -0.1) is 0 Å². The summed E-state index contributed by atoms with van der Waals surface area (Å²) in [6.07, 6.45) is 2.11. The highest BCUT2D eigenvalue weighted by molar-refractivity contribution is 5.83. The van der Waals surface area contributed by atoms with E-state index in [1.54, 1.807) is 0 Å². The number of hydrogen-bond donors (Lipinski definition) is 1. The summed E-state index contributed by atoms with van der Waals surface area (Å²) < 4.78 is 0. The van der Waals surface area contributed by atoms with Crippen molar-refractivity contribution in [2.24, 2.45) is 16.6 Å². The van der Waals surface area contributed by atoms with Crippen molar-refractivity contribution in [1.82, 2.24) is 0 Å². The number of amidine groups is 1. The van der Waals surface area contributed by atoms with Gasteiger partial charge in [-0.05, 0) is 6.42 Å². The molecule has 0 aliphatic heterocycles. The van der Waals surface area contributed by atoms with Gasteiger partial charge in [-0.3, -0.25) is 9.79 Å². The van der Waals surface area contributed by atoms with E-state index in [-0.39, 0.29) is 5.78 Å². The third-order valence-corrected chi connectivity index (χ3v) is 2.20. The lowest BCUT2D eigenvalue weighted by molar-refractivity contribution is -0.118. The number of Topliss-reactive ketones (excluding diaryl/α,β-unsaturated/α-hetero) is 1. The molecule has 0 aliphatic rings. The Balaban J connectivity index is 3.77. The van der Waals surface area contributed by atoms with E-state index in [2.05, 4.69) is 11.9 Å². The second kappa shape index (κ2) is 6.63. The minimum Gasteiger partial charge on any atom is -0.387 e. The average molecular weight is 184 g/mol. The molecule has 0 aromatic carbocycles. The predicted molar refractivity (Wildman–Crippen MR) is 55.9 cm³/mol. The Kier molecular flexibility index (Phi) is 6.20. The van der Waals surface area contributed by atoms with Gasteiger partial charge in [0.2, 0.25) is 0 Å². The molecule has 0 aromatic rings. The van der Waals surface area contributed by atoms with Crippen LogP contribution in [0, 0.1) is 5.92 Å². The van der Waals surface area contributed by atoms with E-state index in [0.29, 0.717) is 31.1 Å². The minimum absolute atomic E-state index is 0.251. The molecular formula is C10H20N2O. The average Bonchev–Trinajstić information content (AvgIpc) is 2.15. The maximum Gasteiger partial charge on any atom is 0.134 e. The van der Waals surface area contributed by atoms with E-state index < -0.39 is 0 Å². The number of hydrogen-bond acceptors (Lipinski definition) is 2. The summed E-state index contributed by atoms with van der Waals surface area (Å²) in [5, 5.41) is 0. The van der Waals surface area contributed by atoms with Crippen molar-refractivity contribution >= 4 is 11.6 Å². The van der Waals surface area contributed by atoms with Crippen LogP contribution in [0.2, 0.25) is 0 Å². The number of ketones is 1. The van der Waals surface area contributed by atoms with Crippen molar-refractivity contribution in [2.75, 3.05) is 6.54 Å². The second-order valence-corrected chi connectivity index (χ2v) is 3.26. The second-order valence-electron chi connectivity index (χ2n) is 3.26. The molecule has 0 saturated carbocycles. The van der Waals surface area contributed by atoms with Gasteiger partial charge >= 0.3 is 0 Å². The normalized spacial score (nSPS) is 14.2. The molecule has 0 spiro atoms. The summed E-state index contributed by atoms with van der Waals surface area (Å²) in [5.74, 6) is 1.25. The van der Waals surface area contributed by atoms with Crippen molar-refractivity contribution in [3.05, 3.63) is 0 Å². The number of nitrogens with two attached hydrogens (primary N) is 1. The lowest BCUT2D eigenvalue weighted by Gasteiger charge is -2.06. The van der Waals surface area contributed by atoms with Gasteiger partial charge in [0.05, 0.1) is 5.84 Å². The van der Waals surface area contributed by atoms with E-state index in [1.165, 1.54) is 0 Å². The summed E-state index contributed by atoms with van der Waals surface area (Å²) in [4.78, 5) is 15.1. The quantitative estimate of drug-likeness (QED) is 0.505. The lowest BCUT2D eigenvalue weighted by atomic mass is 10.1. The van der Waals surface area contributed by atoms with Crippen molar-refractivity contribution in [3.8, 4) is 0 Å². The first kappa shape index (κ1) is 12.1. The molecule has 1 atom stereocenters. The van der Waals surface area contributed by atoms with Gasteiger partial charge in [-0.25, -0.2) is 0 Å². The summed E-state index contributed by atoms with van der Waals surface area (Å²) >= 11 is 0. The number of carbonyl (C=O) groups is 1. The standard InChI is InChI=1S/C10H20N2O/c1-4-8(3)10(11)12-7-6-9(13)5-2/h8H,4-7H2,1-3H3,(H2,11,12). The summed E-state index contributed by atoms with van der Waals surface area (Å²) in [6.45, 7) is 6.53. The van der Waals surface area contributed by atoms with Crippen LogP contribution >= 0.6 is 0 Å². The van der Waals surface area contributed by atoms with Crippen LogP contribution < -0.4 is 5.73 Å². The molecule has 3 heteroatoms. The summed E-state index contributed by atoms with van der Waals surface area (Å²) in [5.41, 5.74) is 5.69. The third-order valence-electron chi connectivity index (χ3n) is 2.20. The molecule has 0 aromatic heterocycles. The van der Waals surface area contributed by atoms with E-state index >= 15 is 0 Å². The van der Waals surface area contributed by atoms with Crippen molar-refractivity contribution in [3.63, 3.8) is 0 Å². The fourth-order valence-corrected chi connectivity index (χ4v) is 0.851. The molecule has 0 aliphatic carbocycles. The highest BCUT2D eigenvalue weighted by atomic mass is 16.1. The molecule has 0 bridgehead atoms. The Hall–Kier alpha value is -0.860. The van der Waals surface area contributed by atoms with Crippen LogP contribution in [0.15, 0.2) is 4.99 Å². The van der Waals surface area contributed by atoms with Gasteiger partial charge in [0.15, 0.2) is 0 Å². The molecular weight excluding hydrogens is 164 g/mol. The molecule has 0 amide bonds. The number of carbonyl (C=O) groups excluding carboxylic acids is 1. The molecule has 13 heavy (non-hydrogen) atoms. The van der Waals surface area contributed by atoms with Gasteiger partial charge in [-0.2, -0.15) is 0 Å². The van der Waals surface area contributed by atoms with Crippen molar-refractivity contribution in [1.29, 1.82) is 0 Å². The first-order valence-electron chi connectivity index (χ1n) is 4.93. The lowest BCUT2D eigenvalue weighted by Crippen LogP contribution is -2.21. The molecule has 76 valence electrons. The molecule has 3 nitrogen and oxygen atoms in total. The van der Waals surface area contributed by atoms with Crippen molar-refractivity contribution in [2.45, 2.75) is 40.0 Å². The largest absolute Gasteiger partial charge is 0.387 e. The maximum absolute atomic E-state index is 10.9. The zero-order valence-corrected chi connectivity index (χ0v) is 8.84. The van der Waals surface area contributed by atoms with Gasteiger partial charge in [0.25, 0.3) is 0 Å². The SMILES string of the molecule is CCC(=O)CCN=C(N)C(C)CC. The number of rotatable bonds is 6. The Morgan fingerprint density at radius 1 is 1.46 bits per heavy atom. The number of nitrogens with zero attached hydrogens (tertiary/aromatic N) is 1. The monoisotopic (exact) mass is 184 g/mol. The molecule has 1 unspecified atom stereocenters. The highest BCUT2D eigenvalue weighted by Gasteiger charge is 2.03. The summed E-state index contributed by atoms with van der Waals surface area (Å²) in [7, 11) is 0. The smallest absolute Gasteiger partial charge is 0.134 e. The Bertz CT molecular complexity index is 187. The predicted octanol–water partition coefficient (Wildman–Crippen LogP) is 1.76. The van der Waals surface area contributed by atoms with Gasteiger partial charge < -0.3 is 5.73 Å². The van der Waals surface area contributed by atoms with Gasteiger partial charge in [-0.1, -0.05) is 20.8 Å². The van der Waals surface area contributed by atoms with Gasteiger partial charge in [0, 0.05) is 25.3 Å². The molecule has 0 saturated heterocycles. The van der Waals surface area contributed by atoms with Crippen LogP contribution in [0.25, 0.3) is 0 Å². The third kappa shape index (κ3) is 5.39. The molecule has 0 heterocycles. The Morgan fingerprint density at radius 2 is 2.08 bits per heavy atom. The van der Waals surface area contributed by atoms with Crippen LogP contribution in [0.1, 0.15) is 40.0 Å². The highest BCUT2D eigenvalue weighted by Crippen LogP contribution is 2.00. The van der Waals surface area contributed by atoms with Crippen molar-refractivity contribution < 1.29 is 4.79 Å². The van der Waals surface area contributed by atoms with Crippen LogP contribution in [0.3, 0.4) is 0 Å². The summed E-state index contributed by atoms with van der Waals surface area (Å²) in [6, 6.07) is 0. The zero-order valence-electron chi connectivity index (χ0n) is 8.84. The van der Waals surface area contributed by atoms with E-state index in [0.717, 1.165) is 6.42 Å².